The Kier molecular flexibility index (Phi) is 67.2. The van der Waals surface area contributed by atoms with Crippen LogP contribution >= 0.6 is 15.6 Å². The molecule has 19 heteroatoms. The van der Waals surface area contributed by atoms with Crippen molar-refractivity contribution in [2.75, 3.05) is 39.6 Å². The lowest BCUT2D eigenvalue weighted by Gasteiger charge is -2.21. The highest BCUT2D eigenvalue weighted by atomic mass is 31.2. The minimum Gasteiger partial charge on any atom is -0.462 e. The molecule has 5 atom stereocenters. The monoisotopic (exact) mass is 1380 g/mol. The van der Waals surface area contributed by atoms with Crippen LogP contribution in [0.3, 0.4) is 0 Å². The Hall–Kier alpha value is -2.46. The zero-order valence-corrected chi connectivity index (χ0v) is 62.2. The number of aliphatic hydroxyl groups excluding tert-OH is 1. The van der Waals surface area contributed by atoms with Crippen LogP contribution in [0.2, 0.25) is 0 Å². The van der Waals surface area contributed by atoms with Crippen molar-refractivity contribution in [1.82, 2.24) is 0 Å². The van der Waals surface area contributed by atoms with E-state index in [1.165, 1.54) is 167 Å². The van der Waals surface area contributed by atoms with Gasteiger partial charge >= 0.3 is 39.5 Å². The van der Waals surface area contributed by atoms with Crippen molar-refractivity contribution in [3.05, 3.63) is 24.3 Å². The first kappa shape index (κ1) is 91.5. The van der Waals surface area contributed by atoms with Gasteiger partial charge in [0.25, 0.3) is 0 Å². The van der Waals surface area contributed by atoms with Gasteiger partial charge in [0.15, 0.2) is 12.2 Å². The molecule has 17 nitrogen and oxygen atoms in total. The van der Waals surface area contributed by atoms with E-state index in [9.17, 15) is 43.2 Å². The highest BCUT2D eigenvalue weighted by molar-refractivity contribution is 7.47. The first-order chi connectivity index (χ1) is 45.7. The quantitative estimate of drug-likeness (QED) is 0.0169. The second-order valence-electron chi connectivity index (χ2n) is 26.3. The number of rotatable bonds is 74. The molecule has 3 N–H and O–H groups in total. The summed E-state index contributed by atoms with van der Waals surface area (Å²) in [4.78, 5) is 72.8. The number of phosphoric ester groups is 2. The Balaban J connectivity index is 5.29. The van der Waals surface area contributed by atoms with Crippen molar-refractivity contribution in [1.29, 1.82) is 0 Å². The van der Waals surface area contributed by atoms with Crippen LogP contribution in [0.1, 0.15) is 374 Å². The molecule has 0 bridgehead atoms. The second kappa shape index (κ2) is 69.0. The molecule has 0 spiro atoms. The predicted molar refractivity (Wildman–Crippen MR) is 381 cm³/mol. The fraction of sp³-hybridized carbons (Fsp3) is 0.893. The summed E-state index contributed by atoms with van der Waals surface area (Å²) in [6, 6.07) is 0. The number of carbonyl (C=O) groups excluding carboxylic acids is 4. The minimum atomic E-state index is -4.96. The molecule has 0 saturated heterocycles. The standard InChI is InChI=1S/C75H142O17P2/c1-5-9-13-17-21-25-29-33-34-38-40-44-48-52-56-60-73(78)86-66-71(92-75(80)62-58-54-50-46-42-37-32-28-24-20-16-12-8-4)68-90-94(83,84)88-64-69(76)63-87-93(81,82)89-67-70(91-74(79)61-57-53-49-45-41-36-31-27-23-19-15-11-7-3)65-85-72(77)59-55-51-47-43-39-35-30-26-22-18-14-10-6-2/h26,30,33-34,69-71,76H,5-25,27-29,31-32,35-68H2,1-4H3,(H,81,82)(H,83,84)/b30-26-,34-33-/t69-,70-,71-/m1/s1. The van der Waals surface area contributed by atoms with Crippen LogP contribution in [0.15, 0.2) is 24.3 Å². The second-order valence-corrected chi connectivity index (χ2v) is 29.2. The number of hydrogen-bond acceptors (Lipinski definition) is 15. The van der Waals surface area contributed by atoms with Gasteiger partial charge in [0, 0.05) is 25.7 Å². The van der Waals surface area contributed by atoms with Gasteiger partial charge in [-0.05, 0) is 77.0 Å². The molecule has 0 fully saturated rings. The maximum atomic E-state index is 13.1. The van der Waals surface area contributed by atoms with Gasteiger partial charge in [0.05, 0.1) is 26.4 Å². The molecule has 94 heavy (non-hydrogen) atoms. The summed E-state index contributed by atoms with van der Waals surface area (Å²) in [6.45, 7) is 4.92. The maximum absolute atomic E-state index is 13.1. The number of unbranched alkanes of at least 4 members (excludes halogenated alkanes) is 44. The summed E-state index contributed by atoms with van der Waals surface area (Å²) >= 11 is 0. The summed E-state index contributed by atoms with van der Waals surface area (Å²) in [7, 11) is -9.92. The molecular formula is C75H142O17P2. The third kappa shape index (κ3) is 68.1. The highest BCUT2D eigenvalue weighted by Crippen LogP contribution is 2.45. The molecule has 0 aliphatic heterocycles. The minimum absolute atomic E-state index is 0.103. The van der Waals surface area contributed by atoms with E-state index in [1.807, 2.05) is 0 Å². The first-order valence-electron chi connectivity index (χ1n) is 38.6. The summed E-state index contributed by atoms with van der Waals surface area (Å²) in [6.07, 6.45) is 61.6. The molecule has 0 rings (SSSR count). The van der Waals surface area contributed by atoms with E-state index in [2.05, 4.69) is 52.0 Å². The zero-order valence-electron chi connectivity index (χ0n) is 60.4. The fourth-order valence-corrected chi connectivity index (χ4v) is 12.6. The van der Waals surface area contributed by atoms with Gasteiger partial charge < -0.3 is 33.8 Å². The normalized spacial score (nSPS) is 14.1. The van der Waals surface area contributed by atoms with Crippen molar-refractivity contribution in [3.63, 3.8) is 0 Å². The molecule has 0 amide bonds. The number of ether oxygens (including phenoxy) is 4. The molecule has 0 aliphatic rings. The van der Waals surface area contributed by atoms with Crippen molar-refractivity contribution in [2.45, 2.75) is 393 Å². The largest absolute Gasteiger partial charge is 0.472 e. The Bertz CT molecular complexity index is 1880. The van der Waals surface area contributed by atoms with E-state index in [-0.39, 0.29) is 25.7 Å². The smallest absolute Gasteiger partial charge is 0.462 e. The fourth-order valence-electron chi connectivity index (χ4n) is 11.0. The van der Waals surface area contributed by atoms with E-state index < -0.39 is 97.5 Å². The summed E-state index contributed by atoms with van der Waals surface area (Å²) in [5.41, 5.74) is 0. The molecule has 0 aliphatic carbocycles. The lowest BCUT2D eigenvalue weighted by atomic mass is 10.0. The third-order valence-corrected chi connectivity index (χ3v) is 18.8. The van der Waals surface area contributed by atoms with E-state index in [1.54, 1.807) is 0 Å². The van der Waals surface area contributed by atoms with Crippen LogP contribution < -0.4 is 0 Å². The Labute approximate surface area is 573 Å². The van der Waals surface area contributed by atoms with Gasteiger partial charge in [-0.1, -0.05) is 296 Å². The van der Waals surface area contributed by atoms with Crippen molar-refractivity contribution in [2.24, 2.45) is 0 Å². The van der Waals surface area contributed by atoms with E-state index in [0.717, 1.165) is 128 Å². The zero-order chi connectivity index (χ0) is 69.0. The Morgan fingerprint density at radius 2 is 0.489 bits per heavy atom. The number of phosphoric acid groups is 2. The number of allylic oxidation sites excluding steroid dienone is 4. The molecule has 0 saturated carbocycles. The Morgan fingerprint density at radius 3 is 0.745 bits per heavy atom. The average Bonchev–Trinajstić information content (AvgIpc) is 2.45. The van der Waals surface area contributed by atoms with Gasteiger partial charge in [-0.3, -0.25) is 37.3 Å². The van der Waals surface area contributed by atoms with E-state index in [0.29, 0.717) is 25.7 Å². The molecule has 0 radical (unpaired) electrons. The van der Waals surface area contributed by atoms with Gasteiger partial charge in [0.2, 0.25) is 0 Å². The molecular weight excluding hydrogens is 1230 g/mol. The van der Waals surface area contributed by atoms with Crippen molar-refractivity contribution in [3.8, 4) is 0 Å². The van der Waals surface area contributed by atoms with Crippen molar-refractivity contribution >= 4 is 39.5 Å². The molecule has 0 heterocycles. The van der Waals surface area contributed by atoms with Crippen LogP contribution in [-0.2, 0) is 65.4 Å². The predicted octanol–water partition coefficient (Wildman–Crippen LogP) is 21.8. The van der Waals surface area contributed by atoms with Gasteiger partial charge in [-0.25, -0.2) is 9.13 Å². The SMILES string of the molecule is CCCCCC/C=C\CCCCCCCC(=O)OC[C@H](COP(=O)(O)OC[C@@H](O)COP(=O)(O)OC[C@@H](COC(=O)CCCCCCC/C=C\CCCCCCCC)OC(=O)CCCCCCCCCCCCCCC)OC(=O)CCCCCCCCCCCCCCC. The van der Waals surface area contributed by atoms with Crippen LogP contribution in [0, 0.1) is 0 Å². The van der Waals surface area contributed by atoms with Crippen LogP contribution in [-0.4, -0.2) is 96.7 Å². The number of esters is 4. The van der Waals surface area contributed by atoms with Gasteiger partial charge in [-0.2, -0.15) is 0 Å². The van der Waals surface area contributed by atoms with Crippen molar-refractivity contribution < 1.29 is 80.2 Å². The lowest BCUT2D eigenvalue weighted by molar-refractivity contribution is -0.161. The van der Waals surface area contributed by atoms with E-state index >= 15 is 0 Å². The lowest BCUT2D eigenvalue weighted by Crippen LogP contribution is -2.30. The summed E-state index contributed by atoms with van der Waals surface area (Å²) in [5.74, 6) is -2.15. The number of carbonyl (C=O) groups is 4. The molecule has 2 unspecified atom stereocenters. The first-order valence-corrected chi connectivity index (χ1v) is 41.6. The van der Waals surface area contributed by atoms with E-state index in [4.69, 9.17) is 37.0 Å². The molecule has 0 aromatic heterocycles. The van der Waals surface area contributed by atoms with Crippen LogP contribution in [0.25, 0.3) is 0 Å². The molecule has 554 valence electrons. The maximum Gasteiger partial charge on any atom is 0.472 e. The molecule has 0 aromatic rings. The molecule has 0 aromatic carbocycles. The van der Waals surface area contributed by atoms with Gasteiger partial charge in [0.1, 0.15) is 19.3 Å². The third-order valence-electron chi connectivity index (χ3n) is 16.9. The Morgan fingerprint density at radius 1 is 0.287 bits per heavy atom. The van der Waals surface area contributed by atoms with Gasteiger partial charge in [-0.15, -0.1) is 0 Å². The van der Waals surface area contributed by atoms with Crippen LogP contribution in [0.4, 0.5) is 0 Å². The highest BCUT2D eigenvalue weighted by Gasteiger charge is 2.30. The summed E-state index contributed by atoms with van der Waals surface area (Å²) < 4.78 is 68.5. The topological polar surface area (TPSA) is 237 Å². The number of aliphatic hydroxyl groups is 1. The number of hydrogen-bond donors (Lipinski definition) is 3. The average molecular weight is 1380 g/mol. The van der Waals surface area contributed by atoms with Crippen LogP contribution in [0.5, 0.6) is 0 Å². The summed E-state index contributed by atoms with van der Waals surface area (Å²) in [5, 5.41) is 10.6.